The third-order valence-corrected chi connectivity index (χ3v) is 0. The molecule has 0 heterocycles. The van der Waals surface area contributed by atoms with Crippen molar-refractivity contribution in [2.75, 3.05) is 0 Å². The average molecular weight is 364 g/mol. The Labute approximate surface area is 128 Å². The van der Waals surface area contributed by atoms with Crippen molar-refractivity contribution in [1.82, 2.24) is 0 Å². The molecule has 0 aromatic heterocycles. The van der Waals surface area contributed by atoms with Crippen molar-refractivity contribution in [3.05, 3.63) is 0 Å². The minimum absolute atomic E-state index is 0. The van der Waals surface area contributed by atoms with Gasteiger partial charge in [0.25, 0.3) is 0 Å². The molecular weight excluding hydrogens is 362 g/mol. The second-order valence-corrected chi connectivity index (χ2v) is 0. The summed E-state index contributed by atoms with van der Waals surface area (Å²) in [5, 5.41) is 0. The smallest absolute Gasteiger partial charge is 2.00 e. The Hall–Kier alpha value is 3.96. The van der Waals surface area contributed by atoms with Gasteiger partial charge in [-0.2, -0.15) is 0 Å². The van der Waals surface area contributed by atoms with Gasteiger partial charge in [-0.3, -0.25) is 0 Å². The molecule has 0 N–H and O–H groups in total. The van der Waals surface area contributed by atoms with Gasteiger partial charge < -0.3 is 5.48 Å². The van der Waals surface area contributed by atoms with E-state index >= 15 is 0 Å². The number of hydrogen-bond acceptors (Lipinski definition) is 0. The summed E-state index contributed by atoms with van der Waals surface area (Å²) in [6.45, 7) is 0. The molecule has 2 radical (unpaired) electrons. The fourth-order valence-electron chi connectivity index (χ4n) is 0. The van der Waals surface area contributed by atoms with Crippen molar-refractivity contribution in [1.29, 1.82) is 0 Å². The van der Waals surface area contributed by atoms with E-state index < -0.39 is 0 Å². The molecule has 0 aromatic rings. The largest absolute Gasteiger partial charge is 2.00 e. The van der Waals surface area contributed by atoms with Gasteiger partial charge in [-0.15, -0.1) is 0 Å². The van der Waals surface area contributed by atoms with Crippen molar-refractivity contribution >= 4 is 71.9 Å². The molecule has 0 spiro atoms. The molecule has 0 bridgehead atoms. The molecule has 1 nitrogen and oxygen atoms in total. The van der Waals surface area contributed by atoms with Crippen LogP contribution in [0.15, 0.2) is 0 Å². The van der Waals surface area contributed by atoms with E-state index in [0.29, 0.717) is 0 Å². The third-order valence-electron chi connectivity index (χ3n) is 0. The number of hydrogen-bond donors (Lipinski definition) is 0. The van der Waals surface area contributed by atoms with Crippen LogP contribution in [-0.2, 0) is 59.1 Å². The van der Waals surface area contributed by atoms with Gasteiger partial charge in [0.1, 0.15) is 0 Å². The first-order valence-corrected chi connectivity index (χ1v) is 0. The van der Waals surface area contributed by atoms with Crippen LogP contribution in [0.5, 0.6) is 0 Å². The third kappa shape index (κ3) is 24.6. The van der Waals surface area contributed by atoms with Gasteiger partial charge >= 0.3 is 71.9 Å². The van der Waals surface area contributed by atoms with Gasteiger partial charge in [-0.05, 0) is 0 Å². The van der Waals surface area contributed by atoms with Crippen molar-refractivity contribution in [3.63, 3.8) is 0 Å². The summed E-state index contributed by atoms with van der Waals surface area (Å²) >= 11 is 0. The van der Waals surface area contributed by atoms with Crippen molar-refractivity contribution in [2.45, 2.75) is 0 Å². The van der Waals surface area contributed by atoms with Crippen LogP contribution in [0.1, 0.15) is 0 Å². The monoisotopic (exact) mass is 362 g/mol. The van der Waals surface area contributed by atoms with Crippen LogP contribution < -0.4 is 0 Å². The normalized spacial score (nSPS) is 0. The summed E-state index contributed by atoms with van der Waals surface area (Å²) in [6, 6.07) is 0. The molecule has 0 aliphatic carbocycles. The van der Waals surface area contributed by atoms with E-state index in [1.807, 2.05) is 0 Å². The maximum atomic E-state index is 0. The van der Waals surface area contributed by atoms with Crippen LogP contribution in [0.4, 0.5) is 0 Å². The summed E-state index contributed by atoms with van der Waals surface area (Å²) in [5.74, 6) is 0. The Bertz CT molecular complexity index is 15.5. The van der Waals surface area contributed by atoms with Gasteiger partial charge in [0.05, 0.1) is 0 Å². The van der Waals surface area contributed by atoms with Gasteiger partial charge in [-0.1, -0.05) is 0 Å². The van der Waals surface area contributed by atoms with Crippen LogP contribution >= 0.6 is 0 Å². The zero-order valence-corrected chi connectivity index (χ0v) is 12.0. The average Bonchev–Trinajstić information content (AvgIpc) is 0. The second-order valence-electron chi connectivity index (χ2n) is 0. The van der Waals surface area contributed by atoms with Crippen LogP contribution in [0.2, 0.25) is 0 Å². The first kappa shape index (κ1) is 51.0. The summed E-state index contributed by atoms with van der Waals surface area (Å²) in [4.78, 5) is 0. The minimum atomic E-state index is 0. The van der Waals surface area contributed by atoms with E-state index in [0.717, 1.165) is 0 Å². The van der Waals surface area contributed by atoms with Crippen molar-refractivity contribution < 1.29 is 59.1 Å². The zero-order valence-electron chi connectivity index (χ0n) is 2.50. The number of rotatable bonds is 0. The quantitative estimate of drug-likeness (QED) is 0.473. The molecule has 0 saturated carbocycles. The SMILES string of the molecule is [Ba+2].[Cu].[MgH2].[Mn].[O-2].[Zn]. The molecule has 0 atom stereocenters. The van der Waals surface area contributed by atoms with E-state index in [2.05, 4.69) is 0 Å². The van der Waals surface area contributed by atoms with E-state index in [1.165, 1.54) is 0 Å². The fourth-order valence-corrected chi connectivity index (χ4v) is 0. The molecule has 6 heteroatoms. The summed E-state index contributed by atoms with van der Waals surface area (Å²) < 4.78 is 0. The first-order valence-electron chi connectivity index (χ1n) is 0. The van der Waals surface area contributed by atoms with E-state index in [4.69, 9.17) is 0 Å². The van der Waals surface area contributed by atoms with Gasteiger partial charge in [0.15, 0.2) is 0 Å². The first-order chi connectivity index (χ1) is 0. The van der Waals surface area contributed by atoms with Crippen LogP contribution in [0.3, 0.4) is 0 Å². The van der Waals surface area contributed by atoms with E-state index in [-0.39, 0.29) is 131 Å². The van der Waals surface area contributed by atoms with Crippen LogP contribution in [-0.4, -0.2) is 71.9 Å². The maximum absolute atomic E-state index is 0. The van der Waals surface area contributed by atoms with Crippen molar-refractivity contribution in [2.24, 2.45) is 0 Å². The standard InChI is InChI=1S/Ba.Cu.Mg.Mn.O.Zn.2H/q+2;;;;-2;;;. The molecule has 0 saturated heterocycles. The maximum Gasteiger partial charge on any atom is 2.00 e. The Balaban J connectivity index is 0. The van der Waals surface area contributed by atoms with Gasteiger partial charge in [0, 0.05) is 53.6 Å². The molecule has 0 amide bonds. The molecule has 32 valence electrons. The molecule has 0 aliphatic rings. The predicted molar refractivity (Wildman–Crippen MR) is 15.0 cm³/mol. The summed E-state index contributed by atoms with van der Waals surface area (Å²) in [7, 11) is 0. The predicted octanol–water partition coefficient (Wildman–Crippen LogP) is -1.42. The van der Waals surface area contributed by atoms with Gasteiger partial charge in [0.2, 0.25) is 0 Å². The summed E-state index contributed by atoms with van der Waals surface area (Å²) in [5.41, 5.74) is 0. The van der Waals surface area contributed by atoms with Gasteiger partial charge in [-0.25, -0.2) is 0 Å². The zero-order chi connectivity index (χ0) is 0. The second kappa shape index (κ2) is 36.2. The van der Waals surface area contributed by atoms with E-state index in [9.17, 15) is 0 Å². The molecule has 0 aromatic carbocycles. The fraction of sp³-hybridized carbons (Fsp3) is 0. The Morgan fingerprint density at radius 2 is 1.00 bits per heavy atom. The Kier molecular flexibility index (Phi) is 308. The minimum Gasteiger partial charge on any atom is -2.00 e. The molecule has 0 unspecified atom stereocenters. The Morgan fingerprint density at radius 1 is 1.00 bits per heavy atom. The van der Waals surface area contributed by atoms with Crippen molar-refractivity contribution in [3.8, 4) is 0 Å². The topological polar surface area (TPSA) is 28.5 Å². The molecular formula is H2BaCuMgMnOZn. The molecule has 0 aliphatic heterocycles. The van der Waals surface area contributed by atoms with Crippen LogP contribution in [0.25, 0.3) is 0 Å². The summed E-state index contributed by atoms with van der Waals surface area (Å²) in [6.07, 6.45) is 0. The molecule has 6 heavy (non-hydrogen) atoms. The molecule has 0 rings (SSSR count). The Morgan fingerprint density at radius 3 is 1.00 bits per heavy atom. The van der Waals surface area contributed by atoms with E-state index in [1.54, 1.807) is 0 Å². The molecule has 0 fully saturated rings. The van der Waals surface area contributed by atoms with Crippen LogP contribution in [0, 0.1) is 0 Å².